The molecule has 2 aliphatic rings. The summed E-state index contributed by atoms with van der Waals surface area (Å²) in [6.07, 6.45) is 1.61. The van der Waals surface area contributed by atoms with Gasteiger partial charge in [0, 0.05) is 23.6 Å². The number of carbonyl (C=O) groups is 2. The number of phenolic OH excluding ortho intramolecular Hbond substituents is 1. The summed E-state index contributed by atoms with van der Waals surface area (Å²) in [5, 5.41) is 13.1. The topological polar surface area (TPSA) is 120 Å². The Balaban J connectivity index is 1.82. The Morgan fingerprint density at radius 3 is 2.44 bits per heavy atom. The molecular weight excluding hydrogens is 462 g/mol. The van der Waals surface area contributed by atoms with Gasteiger partial charge in [-0.05, 0) is 36.1 Å². The number of Topliss-reactive ketones (excluding diaryl/α,β-unsaturated/α-hetero) is 1. The third-order valence-corrected chi connectivity index (χ3v) is 6.69. The number of ether oxygens (including phenoxy) is 1. The maximum Gasteiger partial charge on any atom is 0.333 e. The van der Waals surface area contributed by atoms with Crippen molar-refractivity contribution in [1.82, 2.24) is 9.13 Å². The first kappa shape index (κ1) is 23.3. The van der Waals surface area contributed by atoms with E-state index in [2.05, 4.69) is 5.32 Å². The molecule has 0 unspecified atom stereocenters. The zero-order chi connectivity index (χ0) is 25.4. The highest BCUT2D eigenvalue weighted by atomic mass is 16.5. The summed E-state index contributed by atoms with van der Waals surface area (Å²) >= 11 is 0. The highest BCUT2D eigenvalue weighted by Crippen LogP contribution is 2.43. The van der Waals surface area contributed by atoms with E-state index in [4.69, 9.17) is 4.74 Å². The maximum atomic E-state index is 13.8. The molecule has 1 aliphatic carbocycles. The van der Waals surface area contributed by atoms with Gasteiger partial charge in [-0.25, -0.2) is 9.36 Å². The highest BCUT2D eigenvalue weighted by Gasteiger charge is 2.39. The summed E-state index contributed by atoms with van der Waals surface area (Å²) in [6.45, 7) is -0.409. The number of aromatic nitrogens is 2. The predicted molar refractivity (Wildman–Crippen MR) is 132 cm³/mol. The van der Waals surface area contributed by atoms with Gasteiger partial charge in [-0.3, -0.25) is 19.0 Å². The van der Waals surface area contributed by atoms with E-state index < -0.39 is 29.7 Å². The predicted octanol–water partition coefficient (Wildman–Crippen LogP) is 2.50. The summed E-state index contributed by atoms with van der Waals surface area (Å²) in [7, 11) is 1.19. The number of allylic oxidation sites excluding steroid dienone is 2. The maximum absolute atomic E-state index is 13.8. The zero-order valence-electron chi connectivity index (χ0n) is 19.7. The molecule has 36 heavy (non-hydrogen) atoms. The van der Waals surface area contributed by atoms with E-state index in [1.54, 1.807) is 12.1 Å². The van der Waals surface area contributed by atoms with Crippen molar-refractivity contribution in [2.45, 2.75) is 38.3 Å². The molecule has 0 saturated heterocycles. The second kappa shape index (κ2) is 9.33. The van der Waals surface area contributed by atoms with Crippen molar-refractivity contribution in [3.8, 4) is 5.75 Å². The number of hydrogen-bond acceptors (Lipinski definition) is 7. The summed E-state index contributed by atoms with van der Waals surface area (Å²) in [4.78, 5) is 52.7. The minimum Gasteiger partial charge on any atom is -0.508 e. The van der Waals surface area contributed by atoms with Gasteiger partial charge >= 0.3 is 11.7 Å². The first-order chi connectivity index (χ1) is 17.4. The van der Waals surface area contributed by atoms with E-state index in [1.165, 1.54) is 23.8 Å². The number of rotatable bonds is 5. The fraction of sp³-hybridized carbons (Fsp3) is 0.259. The number of aromatic hydroxyl groups is 1. The van der Waals surface area contributed by atoms with Gasteiger partial charge in [-0.15, -0.1) is 0 Å². The number of carbonyl (C=O) groups excluding carboxylic acids is 2. The normalized spacial score (nSPS) is 16.7. The molecule has 2 aromatic carbocycles. The van der Waals surface area contributed by atoms with Crippen LogP contribution in [0, 0.1) is 0 Å². The molecule has 1 atom stereocenters. The van der Waals surface area contributed by atoms with Crippen LogP contribution in [0.2, 0.25) is 0 Å². The molecule has 0 spiro atoms. The van der Waals surface area contributed by atoms with Crippen LogP contribution in [-0.4, -0.2) is 33.1 Å². The molecule has 9 nitrogen and oxygen atoms in total. The summed E-state index contributed by atoms with van der Waals surface area (Å²) in [6, 6.07) is 15.6. The van der Waals surface area contributed by atoms with Crippen molar-refractivity contribution < 1.29 is 19.4 Å². The summed E-state index contributed by atoms with van der Waals surface area (Å²) in [5.74, 6) is -1.22. The van der Waals surface area contributed by atoms with Crippen molar-refractivity contribution in [3.63, 3.8) is 0 Å². The molecule has 3 aromatic rings. The lowest BCUT2D eigenvalue weighted by Crippen LogP contribution is -2.47. The van der Waals surface area contributed by atoms with Crippen molar-refractivity contribution >= 4 is 17.6 Å². The Morgan fingerprint density at radius 2 is 1.75 bits per heavy atom. The number of fused-ring (bicyclic) bond motifs is 1. The van der Waals surface area contributed by atoms with E-state index in [1.807, 2.05) is 30.3 Å². The minimum atomic E-state index is -0.760. The quantitative estimate of drug-likeness (QED) is 0.531. The van der Waals surface area contributed by atoms with Crippen LogP contribution < -0.4 is 16.6 Å². The number of ketones is 1. The average Bonchev–Trinajstić information content (AvgIpc) is 2.89. The summed E-state index contributed by atoms with van der Waals surface area (Å²) < 4.78 is 7.04. The zero-order valence-corrected chi connectivity index (χ0v) is 19.7. The third-order valence-electron chi connectivity index (χ3n) is 6.69. The molecule has 0 amide bonds. The lowest BCUT2D eigenvalue weighted by molar-refractivity contribution is -0.141. The number of nitrogens with one attached hydrogen (secondary N) is 1. The van der Waals surface area contributed by atoms with Gasteiger partial charge in [0.25, 0.3) is 5.56 Å². The van der Waals surface area contributed by atoms with Gasteiger partial charge in [0.05, 0.1) is 19.2 Å². The highest BCUT2D eigenvalue weighted by molar-refractivity contribution is 6.00. The molecule has 1 aromatic heterocycles. The number of anilines is 1. The number of nitrogens with zero attached hydrogens (tertiary/aromatic N) is 2. The van der Waals surface area contributed by atoms with Crippen molar-refractivity contribution in [3.05, 3.63) is 103 Å². The van der Waals surface area contributed by atoms with Crippen LogP contribution in [0.4, 0.5) is 5.82 Å². The Hall–Kier alpha value is -4.40. The molecule has 2 N–H and O–H groups in total. The van der Waals surface area contributed by atoms with Crippen molar-refractivity contribution in [1.29, 1.82) is 0 Å². The van der Waals surface area contributed by atoms with Gasteiger partial charge in [-0.2, -0.15) is 0 Å². The Bertz CT molecular complexity index is 1500. The Morgan fingerprint density at radius 1 is 1.03 bits per heavy atom. The largest absolute Gasteiger partial charge is 0.508 e. The van der Waals surface area contributed by atoms with E-state index in [9.17, 15) is 24.3 Å². The lowest BCUT2D eigenvalue weighted by atomic mass is 9.76. The summed E-state index contributed by atoms with van der Waals surface area (Å²) in [5.41, 5.74) is 1.50. The fourth-order valence-corrected chi connectivity index (χ4v) is 4.98. The van der Waals surface area contributed by atoms with Crippen molar-refractivity contribution in [2.24, 2.45) is 0 Å². The first-order valence-corrected chi connectivity index (χ1v) is 11.7. The first-order valence-electron chi connectivity index (χ1n) is 11.7. The SMILES string of the molecule is COC(=O)Cn1c(=O)c2c(n(Cc3ccccc3)c1=O)NC1=C(C(=O)CCC1)[C@H]2c1ccc(O)cc1. The number of phenols is 1. The van der Waals surface area contributed by atoms with Crippen LogP contribution in [-0.2, 0) is 27.4 Å². The van der Waals surface area contributed by atoms with E-state index >= 15 is 0 Å². The van der Waals surface area contributed by atoms with Crippen LogP contribution in [0.5, 0.6) is 5.75 Å². The molecule has 0 radical (unpaired) electrons. The van der Waals surface area contributed by atoms with Gasteiger partial charge < -0.3 is 15.2 Å². The van der Waals surface area contributed by atoms with Crippen LogP contribution in [0.1, 0.15) is 41.9 Å². The van der Waals surface area contributed by atoms with Crippen LogP contribution in [0.25, 0.3) is 0 Å². The Labute approximate surface area is 206 Å². The Kier molecular flexibility index (Phi) is 6.05. The average molecular weight is 488 g/mol. The molecule has 1 aliphatic heterocycles. The lowest BCUT2D eigenvalue weighted by Gasteiger charge is -2.35. The molecule has 0 saturated carbocycles. The van der Waals surface area contributed by atoms with Crippen LogP contribution in [0.15, 0.2) is 75.5 Å². The minimum absolute atomic E-state index is 0.0502. The monoisotopic (exact) mass is 487 g/mol. The van der Waals surface area contributed by atoms with Crippen molar-refractivity contribution in [2.75, 3.05) is 12.4 Å². The van der Waals surface area contributed by atoms with E-state index in [0.717, 1.165) is 10.1 Å². The molecule has 9 heteroatoms. The number of hydrogen-bond donors (Lipinski definition) is 2. The number of methoxy groups -OCH3 is 1. The van der Waals surface area contributed by atoms with Crippen LogP contribution in [0.3, 0.4) is 0 Å². The van der Waals surface area contributed by atoms with Gasteiger partial charge in [-0.1, -0.05) is 42.5 Å². The fourth-order valence-electron chi connectivity index (χ4n) is 4.98. The molecule has 184 valence electrons. The molecule has 2 heterocycles. The molecular formula is C27H25N3O6. The number of benzene rings is 2. The van der Waals surface area contributed by atoms with E-state index in [-0.39, 0.29) is 23.6 Å². The third kappa shape index (κ3) is 4.02. The standard InChI is InChI=1S/C27H25N3O6/c1-36-21(33)15-30-26(34)24-22(17-10-12-18(31)13-11-17)23-19(8-5-9-20(23)32)28-25(24)29(27(30)35)14-16-6-3-2-4-7-16/h2-4,6-7,10-13,22,28,31H,5,8-9,14-15H2,1H3/t22-/m1/s1. The molecule has 0 fully saturated rings. The second-order valence-electron chi connectivity index (χ2n) is 8.90. The smallest absolute Gasteiger partial charge is 0.333 e. The van der Waals surface area contributed by atoms with Crippen LogP contribution >= 0.6 is 0 Å². The van der Waals surface area contributed by atoms with Gasteiger partial charge in [0.15, 0.2) is 5.78 Å². The van der Waals surface area contributed by atoms with E-state index in [0.29, 0.717) is 41.9 Å². The molecule has 5 rings (SSSR count). The molecule has 0 bridgehead atoms. The second-order valence-corrected chi connectivity index (χ2v) is 8.90. The van der Waals surface area contributed by atoms with Gasteiger partial charge in [0.1, 0.15) is 18.1 Å². The van der Waals surface area contributed by atoms with Gasteiger partial charge in [0.2, 0.25) is 0 Å². The number of esters is 1.